The van der Waals surface area contributed by atoms with Crippen LogP contribution in [-0.4, -0.2) is 21.0 Å². The van der Waals surface area contributed by atoms with Crippen LogP contribution in [0.3, 0.4) is 0 Å². The third-order valence-electron chi connectivity index (χ3n) is 2.29. The fourth-order valence-electron chi connectivity index (χ4n) is 1.64. The van der Waals surface area contributed by atoms with Gasteiger partial charge < -0.3 is 10.1 Å². The number of aromatic nitrogens is 1. The molecule has 6 heteroatoms. The highest BCUT2D eigenvalue weighted by Crippen LogP contribution is 2.24. The predicted octanol–water partition coefficient (Wildman–Crippen LogP) is 1.70. The second-order valence-corrected chi connectivity index (χ2v) is 3.37. The van der Waals surface area contributed by atoms with Crippen molar-refractivity contribution in [3.63, 3.8) is 0 Å². The first-order valence-electron chi connectivity index (χ1n) is 4.54. The van der Waals surface area contributed by atoms with E-state index in [9.17, 15) is 14.9 Å². The van der Waals surface area contributed by atoms with Crippen LogP contribution in [-0.2, 0) is 11.2 Å². The summed E-state index contributed by atoms with van der Waals surface area (Å²) in [6.07, 6.45) is 1.40. The molecule has 0 spiro atoms. The van der Waals surface area contributed by atoms with Gasteiger partial charge in [-0.05, 0) is 11.6 Å². The van der Waals surface area contributed by atoms with E-state index in [1.54, 1.807) is 12.3 Å². The normalized spacial score (nSPS) is 10.5. The van der Waals surface area contributed by atoms with Gasteiger partial charge in [0.1, 0.15) is 0 Å². The minimum atomic E-state index is -1.01. The van der Waals surface area contributed by atoms with Crippen molar-refractivity contribution >= 4 is 22.6 Å². The first-order valence-corrected chi connectivity index (χ1v) is 4.54. The van der Waals surface area contributed by atoms with Gasteiger partial charge in [-0.2, -0.15) is 0 Å². The van der Waals surface area contributed by atoms with Crippen LogP contribution < -0.4 is 0 Å². The van der Waals surface area contributed by atoms with E-state index in [0.717, 1.165) is 0 Å². The lowest BCUT2D eigenvalue weighted by molar-refractivity contribution is -0.384. The predicted molar refractivity (Wildman–Crippen MR) is 56.3 cm³/mol. The molecule has 6 nitrogen and oxygen atoms in total. The zero-order chi connectivity index (χ0) is 11.7. The molecule has 1 aromatic heterocycles. The summed E-state index contributed by atoms with van der Waals surface area (Å²) in [5.74, 6) is -1.01. The fraction of sp³-hybridized carbons (Fsp3) is 0.100. The number of non-ortho nitro benzene ring substituents is 1. The number of rotatable bonds is 3. The first-order chi connectivity index (χ1) is 7.58. The molecular weight excluding hydrogens is 212 g/mol. The van der Waals surface area contributed by atoms with Crippen LogP contribution in [0, 0.1) is 10.1 Å². The lowest BCUT2D eigenvalue weighted by Gasteiger charge is -2.00. The van der Waals surface area contributed by atoms with Crippen LogP contribution in [0.25, 0.3) is 10.9 Å². The molecule has 0 aliphatic carbocycles. The number of nitrogens with one attached hydrogen (secondary N) is 1. The lowest BCUT2D eigenvalue weighted by atomic mass is 10.1. The number of nitro benzene ring substituents is 1. The number of fused-ring (bicyclic) bond motifs is 1. The van der Waals surface area contributed by atoms with Gasteiger partial charge in [0, 0.05) is 23.7 Å². The summed E-state index contributed by atoms with van der Waals surface area (Å²) in [6.45, 7) is 0. The number of H-pyrrole nitrogens is 1. The maximum atomic E-state index is 10.6. The topological polar surface area (TPSA) is 96.2 Å². The summed E-state index contributed by atoms with van der Waals surface area (Å²) in [4.78, 5) is 23.6. The highest BCUT2D eigenvalue weighted by Gasteiger charge is 2.13. The number of hydrogen-bond acceptors (Lipinski definition) is 3. The van der Waals surface area contributed by atoms with Crippen LogP contribution in [0.4, 0.5) is 5.69 Å². The Labute approximate surface area is 89.7 Å². The average Bonchev–Trinajstić information content (AvgIpc) is 2.64. The lowest BCUT2D eigenvalue weighted by Crippen LogP contribution is -2.01. The Bertz CT molecular complexity index is 573. The molecule has 0 amide bonds. The third-order valence-corrected chi connectivity index (χ3v) is 2.29. The molecule has 2 rings (SSSR count). The Morgan fingerprint density at radius 3 is 2.88 bits per heavy atom. The molecule has 0 aliphatic heterocycles. The molecule has 2 N–H and O–H groups in total. The zero-order valence-electron chi connectivity index (χ0n) is 8.14. The second kappa shape index (κ2) is 3.65. The number of carboxylic acid groups (broad SMARTS) is 1. The number of hydrogen-bond donors (Lipinski definition) is 2. The highest BCUT2D eigenvalue weighted by atomic mass is 16.6. The summed E-state index contributed by atoms with van der Waals surface area (Å²) in [6, 6.07) is 4.39. The van der Waals surface area contributed by atoms with E-state index in [1.807, 2.05) is 0 Å². The Hall–Kier alpha value is -2.37. The number of carboxylic acids is 1. The molecule has 0 unspecified atom stereocenters. The molecule has 82 valence electrons. The molecule has 0 atom stereocenters. The Morgan fingerprint density at radius 1 is 1.50 bits per heavy atom. The van der Waals surface area contributed by atoms with E-state index < -0.39 is 10.9 Å². The SMILES string of the molecule is O=C(O)Cc1cc([N+](=O)[O-])cc2[nH]ccc12. The van der Waals surface area contributed by atoms with Gasteiger partial charge in [-0.25, -0.2) is 0 Å². The van der Waals surface area contributed by atoms with Crippen molar-refractivity contribution in [3.8, 4) is 0 Å². The van der Waals surface area contributed by atoms with Crippen molar-refractivity contribution < 1.29 is 14.8 Å². The molecule has 0 radical (unpaired) electrons. The number of carbonyl (C=O) groups is 1. The molecule has 2 aromatic rings. The monoisotopic (exact) mass is 220 g/mol. The van der Waals surface area contributed by atoms with Crippen LogP contribution >= 0.6 is 0 Å². The van der Waals surface area contributed by atoms with E-state index in [-0.39, 0.29) is 12.1 Å². The van der Waals surface area contributed by atoms with E-state index in [2.05, 4.69) is 4.98 Å². The molecule has 1 heterocycles. The van der Waals surface area contributed by atoms with Crippen LogP contribution in [0.2, 0.25) is 0 Å². The van der Waals surface area contributed by atoms with Gasteiger partial charge in [0.15, 0.2) is 0 Å². The highest BCUT2D eigenvalue weighted by molar-refractivity contribution is 5.88. The molecule has 0 aliphatic rings. The van der Waals surface area contributed by atoms with Gasteiger partial charge in [-0.15, -0.1) is 0 Å². The summed E-state index contributed by atoms with van der Waals surface area (Å²) in [5, 5.41) is 20.1. The molecule has 1 aromatic carbocycles. The number of nitrogens with zero attached hydrogens (tertiary/aromatic N) is 1. The number of nitro groups is 1. The molecule has 0 saturated heterocycles. The number of aromatic amines is 1. The number of benzene rings is 1. The van der Waals surface area contributed by atoms with Crippen molar-refractivity contribution in [1.29, 1.82) is 0 Å². The summed E-state index contributed by atoms with van der Waals surface area (Å²) >= 11 is 0. The van der Waals surface area contributed by atoms with Crippen LogP contribution in [0.1, 0.15) is 5.56 Å². The van der Waals surface area contributed by atoms with Gasteiger partial charge in [0.2, 0.25) is 0 Å². The molecule has 0 fully saturated rings. The van der Waals surface area contributed by atoms with E-state index in [4.69, 9.17) is 5.11 Å². The largest absolute Gasteiger partial charge is 0.481 e. The zero-order valence-corrected chi connectivity index (χ0v) is 8.14. The summed E-state index contributed by atoms with van der Waals surface area (Å²) < 4.78 is 0. The Balaban J connectivity index is 2.63. The number of aliphatic carboxylic acids is 1. The molecule has 16 heavy (non-hydrogen) atoms. The quantitative estimate of drug-likeness (QED) is 0.607. The van der Waals surface area contributed by atoms with Crippen molar-refractivity contribution in [2.75, 3.05) is 0 Å². The van der Waals surface area contributed by atoms with Gasteiger partial charge in [-0.1, -0.05) is 0 Å². The van der Waals surface area contributed by atoms with Gasteiger partial charge in [0.05, 0.1) is 16.9 Å². The minimum absolute atomic E-state index is 0.105. The molecule has 0 bridgehead atoms. The van der Waals surface area contributed by atoms with Crippen molar-refractivity contribution in [2.45, 2.75) is 6.42 Å². The first kappa shape index (κ1) is 10.2. The summed E-state index contributed by atoms with van der Waals surface area (Å²) in [5.41, 5.74) is 0.912. The maximum absolute atomic E-state index is 10.6. The van der Waals surface area contributed by atoms with Crippen LogP contribution in [0.5, 0.6) is 0 Å². The molecular formula is C10H8N2O4. The second-order valence-electron chi connectivity index (χ2n) is 3.37. The van der Waals surface area contributed by atoms with Crippen molar-refractivity contribution in [3.05, 3.63) is 40.1 Å². The van der Waals surface area contributed by atoms with Gasteiger partial charge in [-0.3, -0.25) is 14.9 Å². The van der Waals surface area contributed by atoms with Gasteiger partial charge in [0.25, 0.3) is 5.69 Å². The standard InChI is InChI=1S/C10H8N2O4/c13-10(14)4-6-3-7(12(15)16)5-9-8(6)1-2-11-9/h1-3,5,11H,4H2,(H,13,14). The third kappa shape index (κ3) is 1.72. The van der Waals surface area contributed by atoms with E-state index >= 15 is 0 Å². The maximum Gasteiger partial charge on any atom is 0.307 e. The minimum Gasteiger partial charge on any atom is -0.481 e. The Morgan fingerprint density at radius 2 is 2.25 bits per heavy atom. The summed E-state index contributed by atoms with van der Waals surface area (Å²) in [7, 11) is 0. The average molecular weight is 220 g/mol. The van der Waals surface area contributed by atoms with E-state index in [0.29, 0.717) is 16.5 Å². The smallest absolute Gasteiger partial charge is 0.307 e. The van der Waals surface area contributed by atoms with Crippen LogP contribution in [0.15, 0.2) is 24.4 Å². The fourth-order valence-corrected chi connectivity index (χ4v) is 1.64. The van der Waals surface area contributed by atoms with Crippen molar-refractivity contribution in [1.82, 2.24) is 4.98 Å². The Kier molecular flexibility index (Phi) is 2.32. The molecule has 0 saturated carbocycles. The van der Waals surface area contributed by atoms with Crippen molar-refractivity contribution in [2.24, 2.45) is 0 Å². The van der Waals surface area contributed by atoms with E-state index in [1.165, 1.54) is 12.1 Å². The van der Waals surface area contributed by atoms with Gasteiger partial charge >= 0.3 is 5.97 Å².